The highest BCUT2D eigenvalue weighted by atomic mass is 127. The summed E-state index contributed by atoms with van der Waals surface area (Å²) in [5.74, 6) is 0. The number of hydrogen-bond donors (Lipinski definition) is 1. The number of nitrogens with zero attached hydrogens (tertiary/aromatic N) is 1. The van der Waals surface area contributed by atoms with Crippen LogP contribution in [0.1, 0.15) is 32.4 Å². The lowest BCUT2D eigenvalue weighted by Crippen LogP contribution is -2.48. The van der Waals surface area contributed by atoms with Crippen LogP contribution in [0.4, 0.5) is 0 Å². The predicted molar refractivity (Wildman–Crippen MR) is 85.8 cm³/mol. The van der Waals surface area contributed by atoms with Gasteiger partial charge in [0.05, 0.1) is 0 Å². The quantitative estimate of drug-likeness (QED) is 0.817. The maximum absolute atomic E-state index is 3.44. The minimum Gasteiger partial charge on any atom is -0.314 e. The zero-order valence-corrected chi connectivity index (χ0v) is 13.7. The van der Waals surface area contributed by atoms with Gasteiger partial charge in [-0.3, -0.25) is 4.90 Å². The Morgan fingerprint density at radius 2 is 1.78 bits per heavy atom. The van der Waals surface area contributed by atoms with E-state index in [1.54, 1.807) is 0 Å². The van der Waals surface area contributed by atoms with Crippen LogP contribution in [0.5, 0.6) is 0 Å². The van der Waals surface area contributed by atoms with Crippen LogP contribution >= 0.6 is 22.6 Å². The van der Waals surface area contributed by atoms with E-state index in [0.29, 0.717) is 6.04 Å². The first kappa shape index (κ1) is 14.3. The summed E-state index contributed by atoms with van der Waals surface area (Å²) in [5, 5.41) is 3.44. The molecule has 3 heteroatoms. The highest BCUT2D eigenvalue weighted by molar-refractivity contribution is 14.1. The van der Waals surface area contributed by atoms with Gasteiger partial charge in [0, 0.05) is 35.8 Å². The zero-order valence-electron chi connectivity index (χ0n) is 11.5. The van der Waals surface area contributed by atoms with Gasteiger partial charge < -0.3 is 5.32 Å². The molecule has 0 amide bonds. The van der Waals surface area contributed by atoms with Crippen molar-refractivity contribution in [3.8, 4) is 0 Å². The molecule has 0 bridgehead atoms. The van der Waals surface area contributed by atoms with Crippen LogP contribution in [0, 0.1) is 8.99 Å². The summed E-state index contributed by atoms with van der Waals surface area (Å²) in [7, 11) is 0. The second-order valence-corrected chi connectivity index (χ2v) is 7.24. The molecule has 0 aromatic heterocycles. The summed E-state index contributed by atoms with van der Waals surface area (Å²) in [6.45, 7) is 11.6. The summed E-state index contributed by atoms with van der Waals surface area (Å²) in [4.78, 5) is 2.63. The van der Waals surface area contributed by atoms with E-state index in [1.165, 1.54) is 9.13 Å². The van der Waals surface area contributed by atoms with Gasteiger partial charge in [0.2, 0.25) is 0 Å². The Kier molecular flexibility index (Phi) is 4.67. The number of hydrogen-bond acceptors (Lipinski definition) is 2. The normalized spacial score (nSPS) is 19.8. The van der Waals surface area contributed by atoms with Crippen molar-refractivity contribution in [3.05, 3.63) is 33.4 Å². The van der Waals surface area contributed by atoms with Crippen molar-refractivity contribution in [1.82, 2.24) is 10.2 Å². The largest absolute Gasteiger partial charge is 0.314 e. The van der Waals surface area contributed by atoms with Gasteiger partial charge in [0.1, 0.15) is 0 Å². The summed E-state index contributed by atoms with van der Waals surface area (Å²) in [6, 6.07) is 9.31. The predicted octanol–water partition coefficient (Wildman–Crippen LogP) is 3.28. The summed E-state index contributed by atoms with van der Waals surface area (Å²) >= 11 is 2.47. The average molecular weight is 358 g/mol. The molecule has 0 radical (unpaired) electrons. The van der Waals surface area contributed by atoms with Crippen LogP contribution in [0.2, 0.25) is 0 Å². The van der Waals surface area contributed by atoms with Crippen LogP contribution in [-0.4, -0.2) is 31.1 Å². The number of halogens is 1. The molecule has 2 rings (SSSR count). The third-order valence-electron chi connectivity index (χ3n) is 3.54. The third-order valence-corrected chi connectivity index (χ3v) is 4.52. The Hall–Kier alpha value is -0.130. The molecule has 1 aliphatic rings. The van der Waals surface area contributed by atoms with E-state index in [1.807, 2.05) is 0 Å². The second-order valence-electron chi connectivity index (χ2n) is 6.08. The highest BCUT2D eigenvalue weighted by Gasteiger charge is 2.33. The van der Waals surface area contributed by atoms with Crippen LogP contribution in [0.3, 0.4) is 0 Å². The van der Waals surface area contributed by atoms with E-state index in [-0.39, 0.29) is 5.41 Å². The van der Waals surface area contributed by atoms with E-state index >= 15 is 0 Å². The fraction of sp³-hybridized carbons (Fsp3) is 0.600. The number of nitrogens with one attached hydrogen (secondary N) is 1. The maximum atomic E-state index is 3.44. The van der Waals surface area contributed by atoms with Gasteiger partial charge in [-0.05, 0) is 39.6 Å². The standard InChI is InChI=1S/C15H23IN2/c1-15(2,3)14(18-10-8-17-9-11-18)12-6-4-5-7-13(12)16/h4-7,14,17H,8-11H2,1-3H3/t14-/m1/s1. The van der Waals surface area contributed by atoms with Crippen molar-refractivity contribution >= 4 is 22.6 Å². The van der Waals surface area contributed by atoms with Crippen molar-refractivity contribution in [2.75, 3.05) is 26.2 Å². The minimum atomic E-state index is 0.263. The van der Waals surface area contributed by atoms with Gasteiger partial charge in [0.15, 0.2) is 0 Å². The van der Waals surface area contributed by atoms with Crippen molar-refractivity contribution in [3.63, 3.8) is 0 Å². The Bertz CT molecular complexity index is 392. The van der Waals surface area contributed by atoms with Crippen LogP contribution in [0.15, 0.2) is 24.3 Å². The molecule has 1 fully saturated rings. The topological polar surface area (TPSA) is 15.3 Å². The molecule has 100 valence electrons. The average Bonchev–Trinajstić information content (AvgIpc) is 2.32. The second kappa shape index (κ2) is 5.88. The zero-order chi connectivity index (χ0) is 13.2. The molecular formula is C15H23IN2. The molecule has 1 saturated heterocycles. The number of benzene rings is 1. The monoisotopic (exact) mass is 358 g/mol. The number of rotatable bonds is 2. The molecule has 1 aliphatic heterocycles. The lowest BCUT2D eigenvalue weighted by molar-refractivity contribution is 0.0856. The smallest absolute Gasteiger partial charge is 0.0408 e. The van der Waals surface area contributed by atoms with Crippen molar-refractivity contribution in [2.24, 2.45) is 5.41 Å². The van der Waals surface area contributed by atoms with Gasteiger partial charge in [-0.15, -0.1) is 0 Å². The Balaban J connectivity index is 2.34. The number of piperazine rings is 1. The van der Waals surface area contributed by atoms with E-state index in [4.69, 9.17) is 0 Å². The molecule has 18 heavy (non-hydrogen) atoms. The molecule has 2 nitrogen and oxygen atoms in total. The maximum Gasteiger partial charge on any atom is 0.0408 e. The molecule has 1 aromatic carbocycles. The first-order valence-corrected chi connectivity index (χ1v) is 7.77. The van der Waals surface area contributed by atoms with E-state index in [9.17, 15) is 0 Å². The highest BCUT2D eigenvalue weighted by Crippen LogP contribution is 2.39. The molecule has 0 aliphatic carbocycles. The fourth-order valence-electron chi connectivity index (χ4n) is 2.85. The molecule has 0 saturated carbocycles. The fourth-order valence-corrected chi connectivity index (χ4v) is 3.53. The molecule has 1 N–H and O–H groups in total. The summed E-state index contributed by atoms with van der Waals surface area (Å²) in [5.41, 5.74) is 1.74. The van der Waals surface area contributed by atoms with E-state index in [0.717, 1.165) is 26.2 Å². The summed E-state index contributed by atoms with van der Waals surface area (Å²) in [6.07, 6.45) is 0. The summed E-state index contributed by atoms with van der Waals surface area (Å²) < 4.78 is 1.38. The third kappa shape index (κ3) is 3.25. The Morgan fingerprint density at radius 3 is 2.33 bits per heavy atom. The molecule has 0 unspecified atom stereocenters. The lowest BCUT2D eigenvalue weighted by Gasteiger charge is -2.43. The van der Waals surface area contributed by atoms with Gasteiger partial charge in [-0.1, -0.05) is 39.0 Å². The molecule has 1 aromatic rings. The lowest BCUT2D eigenvalue weighted by atomic mass is 9.81. The van der Waals surface area contributed by atoms with Crippen molar-refractivity contribution < 1.29 is 0 Å². The Labute approximate surface area is 124 Å². The van der Waals surface area contributed by atoms with Crippen LogP contribution < -0.4 is 5.32 Å². The van der Waals surface area contributed by atoms with Gasteiger partial charge in [-0.25, -0.2) is 0 Å². The Morgan fingerprint density at radius 1 is 1.17 bits per heavy atom. The van der Waals surface area contributed by atoms with Crippen LogP contribution in [-0.2, 0) is 0 Å². The van der Waals surface area contributed by atoms with Gasteiger partial charge >= 0.3 is 0 Å². The first-order chi connectivity index (χ1) is 8.50. The van der Waals surface area contributed by atoms with Gasteiger partial charge in [-0.2, -0.15) is 0 Å². The molecular weight excluding hydrogens is 335 g/mol. The molecule has 1 heterocycles. The van der Waals surface area contributed by atoms with Crippen LogP contribution in [0.25, 0.3) is 0 Å². The SMILES string of the molecule is CC(C)(C)[C@@H](c1ccccc1I)N1CCNCC1. The van der Waals surface area contributed by atoms with Crippen molar-refractivity contribution in [2.45, 2.75) is 26.8 Å². The van der Waals surface area contributed by atoms with Crippen molar-refractivity contribution in [1.29, 1.82) is 0 Å². The van der Waals surface area contributed by atoms with E-state index in [2.05, 4.69) is 77.8 Å². The van der Waals surface area contributed by atoms with E-state index < -0.39 is 0 Å². The minimum absolute atomic E-state index is 0.263. The molecule has 1 atom stereocenters. The molecule has 0 spiro atoms. The van der Waals surface area contributed by atoms with Gasteiger partial charge in [0.25, 0.3) is 0 Å². The first-order valence-electron chi connectivity index (χ1n) is 6.69.